The van der Waals surface area contributed by atoms with Crippen molar-refractivity contribution < 1.29 is 8.42 Å². The van der Waals surface area contributed by atoms with Crippen molar-refractivity contribution in [1.29, 1.82) is 0 Å². The highest BCUT2D eigenvalue weighted by molar-refractivity contribution is 7.91. The monoisotopic (exact) mass is 149 g/mol. The van der Waals surface area contributed by atoms with Gasteiger partial charge in [-0.15, -0.1) is 6.58 Å². The van der Waals surface area contributed by atoms with E-state index in [9.17, 15) is 8.42 Å². The Labute approximate surface area is 55.5 Å². The van der Waals surface area contributed by atoms with Crippen LogP contribution in [0.2, 0.25) is 0 Å². The van der Waals surface area contributed by atoms with Crippen LogP contribution in [0.15, 0.2) is 12.7 Å². The third kappa shape index (κ3) is 4.17. The minimum atomic E-state index is -2.92. The molecule has 0 aliphatic rings. The second-order valence-electron chi connectivity index (χ2n) is 1.69. The van der Waals surface area contributed by atoms with Gasteiger partial charge >= 0.3 is 0 Å². The highest BCUT2D eigenvalue weighted by atomic mass is 32.2. The van der Waals surface area contributed by atoms with Crippen molar-refractivity contribution >= 4 is 9.84 Å². The summed E-state index contributed by atoms with van der Waals surface area (Å²) >= 11 is 0. The van der Waals surface area contributed by atoms with Crippen molar-refractivity contribution in [2.45, 2.75) is 0 Å². The van der Waals surface area contributed by atoms with Crippen molar-refractivity contribution in [3.63, 3.8) is 0 Å². The van der Waals surface area contributed by atoms with E-state index in [4.69, 9.17) is 5.73 Å². The Morgan fingerprint density at radius 2 is 2.11 bits per heavy atom. The Hall–Kier alpha value is -0.350. The van der Waals surface area contributed by atoms with E-state index in [0.717, 1.165) is 0 Å². The van der Waals surface area contributed by atoms with Crippen molar-refractivity contribution in [2.75, 3.05) is 18.1 Å². The molecule has 0 bridgehead atoms. The molecule has 4 heteroatoms. The maximum Gasteiger partial charge on any atom is 0.155 e. The first-order chi connectivity index (χ1) is 4.12. The van der Waals surface area contributed by atoms with Crippen LogP contribution in [0.25, 0.3) is 0 Å². The summed E-state index contributed by atoms with van der Waals surface area (Å²) in [5.41, 5.74) is 5.03. The van der Waals surface area contributed by atoms with Crippen molar-refractivity contribution in [1.82, 2.24) is 0 Å². The van der Waals surface area contributed by atoms with Crippen LogP contribution in [0, 0.1) is 0 Å². The second-order valence-corrected chi connectivity index (χ2v) is 3.92. The molecule has 9 heavy (non-hydrogen) atoms. The minimum absolute atomic E-state index is 0.0319. The predicted molar refractivity (Wildman–Crippen MR) is 37.9 cm³/mol. The first-order valence-corrected chi connectivity index (χ1v) is 4.46. The summed E-state index contributed by atoms with van der Waals surface area (Å²) in [6, 6.07) is 0. The second kappa shape index (κ2) is 3.63. The highest BCUT2D eigenvalue weighted by Crippen LogP contribution is 1.87. The Kier molecular flexibility index (Phi) is 3.49. The van der Waals surface area contributed by atoms with Crippen LogP contribution in [0.5, 0.6) is 0 Å². The van der Waals surface area contributed by atoms with Gasteiger partial charge < -0.3 is 5.73 Å². The highest BCUT2D eigenvalue weighted by Gasteiger charge is 2.04. The first kappa shape index (κ1) is 8.65. The molecule has 0 spiro atoms. The largest absolute Gasteiger partial charge is 0.329 e. The molecular formula is C5H11NO2S. The Morgan fingerprint density at radius 1 is 1.56 bits per heavy atom. The standard InChI is InChI=1S/C5H11NO2S/c1-2-4-9(7,8)5-3-6/h2H,1,3-6H2. The number of sulfone groups is 1. The zero-order valence-electron chi connectivity index (χ0n) is 5.21. The van der Waals surface area contributed by atoms with Crippen LogP contribution < -0.4 is 5.73 Å². The van der Waals surface area contributed by atoms with Crippen LogP contribution in [-0.4, -0.2) is 26.5 Å². The van der Waals surface area contributed by atoms with E-state index < -0.39 is 9.84 Å². The molecule has 3 nitrogen and oxygen atoms in total. The number of rotatable bonds is 4. The van der Waals surface area contributed by atoms with Crippen LogP contribution >= 0.6 is 0 Å². The zero-order chi connectivity index (χ0) is 7.33. The summed E-state index contributed by atoms with van der Waals surface area (Å²) < 4.78 is 21.4. The summed E-state index contributed by atoms with van der Waals surface area (Å²) in [6.45, 7) is 3.50. The summed E-state index contributed by atoms with van der Waals surface area (Å²) in [6.07, 6.45) is 1.37. The number of hydrogen-bond donors (Lipinski definition) is 1. The average Bonchev–Trinajstić information content (AvgIpc) is 1.64. The Balaban J connectivity index is 3.88. The fourth-order valence-corrected chi connectivity index (χ4v) is 1.33. The van der Waals surface area contributed by atoms with Gasteiger partial charge in [-0.25, -0.2) is 8.42 Å². The van der Waals surface area contributed by atoms with Crippen LogP contribution in [-0.2, 0) is 9.84 Å². The Bertz CT molecular complexity index is 171. The molecule has 0 aliphatic carbocycles. The zero-order valence-corrected chi connectivity index (χ0v) is 6.02. The lowest BCUT2D eigenvalue weighted by Crippen LogP contribution is -2.17. The van der Waals surface area contributed by atoms with E-state index in [1.807, 2.05) is 0 Å². The van der Waals surface area contributed by atoms with Gasteiger partial charge in [0.15, 0.2) is 9.84 Å². The molecule has 0 heterocycles. The van der Waals surface area contributed by atoms with Crippen LogP contribution in [0.4, 0.5) is 0 Å². The molecule has 2 N–H and O–H groups in total. The van der Waals surface area contributed by atoms with Gasteiger partial charge in [0, 0.05) is 6.54 Å². The third-order valence-corrected chi connectivity index (χ3v) is 2.40. The van der Waals surface area contributed by atoms with E-state index in [1.54, 1.807) is 0 Å². The van der Waals surface area contributed by atoms with E-state index >= 15 is 0 Å². The fraction of sp³-hybridized carbons (Fsp3) is 0.600. The SMILES string of the molecule is C=CCS(=O)(=O)CCN. The maximum absolute atomic E-state index is 10.7. The molecule has 0 aromatic rings. The molecule has 0 atom stereocenters. The van der Waals surface area contributed by atoms with E-state index in [0.29, 0.717) is 0 Å². The maximum atomic E-state index is 10.7. The molecule has 0 rings (SSSR count). The topological polar surface area (TPSA) is 60.2 Å². The van der Waals surface area contributed by atoms with E-state index in [-0.39, 0.29) is 18.1 Å². The van der Waals surface area contributed by atoms with Crippen molar-refractivity contribution in [2.24, 2.45) is 5.73 Å². The van der Waals surface area contributed by atoms with Gasteiger partial charge in [-0.1, -0.05) is 6.08 Å². The summed E-state index contributed by atoms with van der Waals surface area (Å²) in [5, 5.41) is 0. The third-order valence-electron chi connectivity index (χ3n) is 0.801. The minimum Gasteiger partial charge on any atom is -0.329 e. The normalized spacial score (nSPS) is 11.2. The van der Waals surface area contributed by atoms with Crippen LogP contribution in [0.3, 0.4) is 0 Å². The van der Waals surface area contributed by atoms with Gasteiger partial charge in [-0.3, -0.25) is 0 Å². The molecule has 0 aliphatic heterocycles. The number of hydrogen-bond acceptors (Lipinski definition) is 3. The van der Waals surface area contributed by atoms with Gasteiger partial charge in [0.2, 0.25) is 0 Å². The first-order valence-electron chi connectivity index (χ1n) is 2.64. The van der Waals surface area contributed by atoms with Gasteiger partial charge in [0.25, 0.3) is 0 Å². The predicted octanol–water partition coefficient (Wildman–Crippen LogP) is -0.454. The molecule has 54 valence electrons. The molecule has 0 aromatic carbocycles. The van der Waals surface area contributed by atoms with E-state index in [1.165, 1.54) is 6.08 Å². The lowest BCUT2D eigenvalue weighted by molar-refractivity contribution is 0.599. The smallest absolute Gasteiger partial charge is 0.155 e. The molecule has 0 radical (unpaired) electrons. The molecule has 0 aromatic heterocycles. The Morgan fingerprint density at radius 3 is 2.44 bits per heavy atom. The molecule has 0 amide bonds. The lowest BCUT2D eigenvalue weighted by Gasteiger charge is -1.94. The fourth-order valence-electron chi connectivity index (χ4n) is 0.442. The molecule has 0 unspecified atom stereocenters. The van der Waals surface area contributed by atoms with Crippen molar-refractivity contribution in [3.8, 4) is 0 Å². The molecule has 0 saturated carbocycles. The average molecular weight is 149 g/mol. The van der Waals surface area contributed by atoms with Crippen molar-refractivity contribution in [3.05, 3.63) is 12.7 Å². The van der Waals surface area contributed by atoms with Gasteiger partial charge in [-0.2, -0.15) is 0 Å². The van der Waals surface area contributed by atoms with Gasteiger partial charge in [0.05, 0.1) is 11.5 Å². The van der Waals surface area contributed by atoms with E-state index in [2.05, 4.69) is 6.58 Å². The quantitative estimate of drug-likeness (QED) is 0.550. The van der Waals surface area contributed by atoms with Gasteiger partial charge in [-0.05, 0) is 0 Å². The molecule has 0 saturated heterocycles. The lowest BCUT2D eigenvalue weighted by atomic mass is 10.8. The summed E-state index contributed by atoms with van der Waals surface area (Å²) in [4.78, 5) is 0. The summed E-state index contributed by atoms with van der Waals surface area (Å²) in [5.74, 6) is 0.0865. The number of nitrogens with two attached hydrogens (primary N) is 1. The summed E-state index contributed by atoms with van der Waals surface area (Å²) in [7, 11) is -2.92. The molecule has 0 fully saturated rings. The van der Waals surface area contributed by atoms with Gasteiger partial charge in [0.1, 0.15) is 0 Å². The van der Waals surface area contributed by atoms with Crippen LogP contribution in [0.1, 0.15) is 0 Å². The molecular weight excluding hydrogens is 138 g/mol.